The number of aromatic nitrogens is 4. The summed E-state index contributed by atoms with van der Waals surface area (Å²) in [5.41, 5.74) is 1.65. The Kier molecular flexibility index (Phi) is 7.69. The number of hydroxylamine groups is 1. The van der Waals surface area contributed by atoms with Gasteiger partial charge in [0.05, 0.1) is 6.20 Å². The van der Waals surface area contributed by atoms with Gasteiger partial charge in [0.1, 0.15) is 18.0 Å². The summed E-state index contributed by atoms with van der Waals surface area (Å²) in [6.07, 6.45) is 10.4. The van der Waals surface area contributed by atoms with Crippen molar-refractivity contribution >= 4 is 23.4 Å². The van der Waals surface area contributed by atoms with Gasteiger partial charge < -0.3 is 9.80 Å². The van der Waals surface area contributed by atoms with E-state index < -0.39 is 0 Å². The maximum absolute atomic E-state index is 11.0. The van der Waals surface area contributed by atoms with E-state index in [0.717, 1.165) is 49.7 Å². The van der Waals surface area contributed by atoms with E-state index in [1.54, 1.807) is 30.4 Å². The van der Waals surface area contributed by atoms with Gasteiger partial charge in [0, 0.05) is 45.5 Å². The van der Waals surface area contributed by atoms with E-state index in [9.17, 15) is 4.79 Å². The highest BCUT2D eigenvalue weighted by molar-refractivity contribution is 5.74. The van der Waals surface area contributed by atoms with Crippen LogP contribution in [0.4, 0.5) is 17.5 Å². The number of carbonyl (C=O) groups is 1. The van der Waals surface area contributed by atoms with Gasteiger partial charge in [0.15, 0.2) is 5.82 Å². The minimum atomic E-state index is -0.344. The van der Waals surface area contributed by atoms with Crippen LogP contribution in [0.1, 0.15) is 32.1 Å². The molecule has 0 spiro atoms. The Morgan fingerprint density at radius 2 is 1.81 bits per heavy atom. The lowest BCUT2D eigenvalue weighted by molar-refractivity contribution is -0.129. The van der Waals surface area contributed by atoms with Crippen molar-refractivity contribution in [3.63, 3.8) is 0 Å². The number of unbranched alkanes of at least 4 members (excludes halogenated alkanes) is 3. The van der Waals surface area contributed by atoms with Crippen LogP contribution in [-0.4, -0.2) is 51.7 Å². The highest BCUT2D eigenvalue weighted by Crippen LogP contribution is 2.23. The molecule has 0 atom stereocenters. The molecule has 0 aliphatic rings. The van der Waals surface area contributed by atoms with Crippen LogP contribution in [0, 0.1) is 0 Å². The SMILES string of the molecule is CN(C)c1cc(N(CCCCCCC(=O)NO)c2cnccn2)ncn1. The quantitative estimate of drug-likeness (QED) is 0.376. The van der Waals surface area contributed by atoms with Crippen molar-refractivity contribution in [3.05, 3.63) is 31.0 Å². The van der Waals surface area contributed by atoms with E-state index in [0.29, 0.717) is 6.42 Å². The maximum atomic E-state index is 11.0. The number of nitrogens with zero attached hydrogens (tertiary/aromatic N) is 6. The number of anilines is 3. The molecule has 9 nitrogen and oxygen atoms in total. The number of nitrogens with one attached hydrogen (secondary N) is 1. The highest BCUT2D eigenvalue weighted by Gasteiger charge is 2.13. The van der Waals surface area contributed by atoms with Crippen molar-refractivity contribution in [2.24, 2.45) is 0 Å². The molecule has 2 rings (SSSR count). The van der Waals surface area contributed by atoms with Crippen LogP contribution in [0.25, 0.3) is 0 Å². The normalized spacial score (nSPS) is 10.4. The molecule has 140 valence electrons. The van der Waals surface area contributed by atoms with Crippen molar-refractivity contribution in [1.82, 2.24) is 25.4 Å². The molecule has 0 fully saturated rings. The molecule has 2 heterocycles. The number of carbonyl (C=O) groups excluding carboxylic acids is 1. The molecule has 0 aliphatic heterocycles. The second-order valence-corrected chi connectivity index (χ2v) is 6.04. The molecule has 0 aliphatic carbocycles. The summed E-state index contributed by atoms with van der Waals surface area (Å²) >= 11 is 0. The summed E-state index contributed by atoms with van der Waals surface area (Å²) in [4.78, 5) is 32.1. The first-order valence-corrected chi connectivity index (χ1v) is 8.57. The van der Waals surface area contributed by atoms with E-state index in [2.05, 4.69) is 19.9 Å². The minimum absolute atomic E-state index is 0.336. The van der Waals surface area contributed by atoms with Gasteiger partial charge in [-0.05, 0) is 12.8 Å². The third-order valence-electron chi connectivity index (χ3n) is 3.86. The molecule has 0 aromatic carbocycles. The fraction of sp³-hybridized carbons (Fsp3) is 0.471. The van der Waals surface area contributed by atoms with E-state index >= 15 is 0 Å². The van der Waals surface area contributed by atoms with Crippen LogP contribution in [0.3, 0.4) is 0 Å². The van der Waals surface area contributed by atoms with Crippen LogP contribution in [0.15, 0.2) is 31.0 Å². The molecule has 1 amide bonds. The third kappa shape index (κ3) is 5.92. The largest absolute Gasteiger partial charge is 0.363 e. The van der Waals surface area contributed by atoms with Crippen LogP contribution in [0.5, 0.6) is 0 Å². The molecule has 0 bridgehead atoms. The molecular weight excluding hydrogens is 334 g/mol. The molecule has 2 N–H and O–H groups in total. The topological polar surface area (TPSA) is 107 Å². The molecule has 2 aromatic rings. The van der Waals surface area contributed by atoms with Gasteiger partial charge in [-0.1, -0.05) is 12.8 Å². The van der Waals surface area contributed by atoms with Crippen LogP contribution in [-0.2, 0) is 4.79 Å². The first-order valence-electron chi connectivity index (χ1n) is 8.57. The molecule has 2 aromatic heterocycles. The fourth-order valence-corrected chi connectivity index (χ4v) is 2.47. The number of hydrogen-bond acceptors (Lipinski definition) is 8. The fourth-order valence-electron chi connectivity index (χ4n) is 2.47. The monoisotopic (exact) mass is 359 g/mol. The van der Waals surface area contributed by atoms with E-state index in [-0.39, 0.29) is 5.91 Å². The predicted octanol–water partition coefficient (Wildman–Crippen LogP) is 1.93. The van der Waals surface area contributed by atoms with Gasteiger partial charge in [-0.3, -0.25) is 15.0 Å². The Balaban J connectivity index is 1.99. The van der Waals surface area contributed by atoms with Crippen molar-refractivity contribution in [2.75, 3.05) is 30.4 Å². The lowest BCUT2D eigenvalue weighted by atomic mass is 10.1. The second kappa shape index (κ2) is 10.2. The Bertz CT molecular complexity index is 682. The van der Waals surface area contributed by atoms with E-state index in [1.807, 2.05) is 30.0 Å². The minimum Gasteiger partial charge on any atom is -0.363 e. The van der Waals surface area contributed by atoms with Gasteiger partial charge >= 0.3 is 0 Å². The maximum Gasteiger partial charge on any atom is 0.243 e. The summed E-state index contributed by atoms with van der Waals surface area (Å²) in [6.45, 7) is 0.731. The molecule has 0 saturated carbocycles. The van der Waals surface area contributed by atoms with Crippen molar-refractivity contribution in [2.45, 2.75) is 32.1 Å². The van der Waals surface area contributed by atoms with Crippen molar-refractivity contribution in [3.8, 4) is 0 Å². The molecule has 0 unspecified atom stereocenters. The Morgan fingerprint density at radius 1 is 1.04 bits per heavy atom. The highest BCUT2D eigenvalue weighted by atomic mass is 16.5. The Morgan fingerprint density at radius 3 is 2.50 bits per heavy atom. The summed E-state index contributed by atoms with van der Waals surface area (Å²) in [5, 5.41) is 8.49. The molecule has 0 saturated heterocycles. The first-order chi connectivity index (χ1) is 12.6. The van der Waals surface area contributed by atoms with E-state index in [4.69, 9.17) is 5.21 Å². The molecule has 0 radical (unpaired) electrons. The van der Waals surface area contributed by atoms with Gasteiger partial charge in [0.2, 0.25) is 5.91 Å². The number of rotatable bonds is 10. The van der Waals surface area contributed by atoms with Crippen molar-refractivity contribution in [1.29, 1.82) is 0 Å². The lowest BCUT2D eigenvalue weighted by Gasteiger charge is -2.23. The molecule has 9 heteroatoms. The zero-order valence-electron chi connectivity index (χ0n) is 15.2. The third-order valence-corrected chi connectivity index (χ3v) is 3.86. The number of hydrogen-bond donors (Lipinski definition) is 2. The number of amides is 1. The first kappa shape index (κ1) is 19.5. The van der Waals surface area contributed by atoms with Gasteiger partial charge in [-0.15, -0.1) is 0 Å². The van der Waals surface area contributed by atoms with Gasteiger partial charge in [-0.25, -0.2) is 20.4 Å². The van der Waals surface area contributed by atoms with Crippen LogP contribution in [0.2, 0.25) is 0 Å². The van der Waals surface area contributed by atoms with Gasteiger partial charge in [-0.2, -0.15) is 0 Å². The summed E-state index contributed by atoms with van der Waals surface area (Å²) in [6, 6.07) is 1.92. The van der Waals surface area contributed by atoms with E-state index in [1.165, 1.54) is 0 Å². The van der Waals surface area contributed by atoms with Crippen molar-refractivity contribution < 1.29 is 10.0 Å². The van der Waals surface area contributed by atoms with Crippen LogP contribution >= 0.6 is 0 Å². The predicted molar refractivity (Wildman–Crippen MR) is 98.4 cm³/mol. The standard InChI is InChI=1S/C17H25N7O2/c1-23(2)14-11-15(21-13-20-14)24(16-12-18-8-9-19-16)10-6-4-3-5-7-17(25)22-26/h8-9,11-13,26H,3-7,10H2,1-2H3,(H,22,25). The zero-order valence-corrected chi connectivity index (χ0v) is 15.2. The Hall–Kier alpha value is -2.81. The summed E-state index contributed by atoms with van der Waals surface area (Å²) in [7, 11) is 3.86. The second-order valence-electron chi connectivity index (χ2n) is 6.04. The summed E-state index contributed by atoms with van der Waals surface area (Å²) < 4.78 is 0. The lowest BCUT2D eigenvalue weighted by Crippen LogP contribution is -2.22. The Labute approximate surface area is 153 Å². The smallest absolute Gasteiger partial charge is 0.243 e. The average Bonchev–Trinajstić information content (AvgIpc) is 2.68. The van der Waals surface area contributed by atoms with Gasteiger partial charge in [0.25, 0.3) is 0 Å². The zero-order chi connectivity index (χ0) is 18.8. The average molecular weight is 359 g/mol. The molecule has 26 heavy (non-hydrogen) atoms. The summed E-state index contributed by atoms with van der Waals surface area (Å²) in [5.74, 6) is 1.97. The molecular formula is C17H25N7O2. The van der Waals surface area contributed by atoms with Crippen LogP contribution < -0.4 is 15.3 Å².